The highest BCUT2D eigenvalue weighted by molar-refractivity contribution is 5.30. The maximum atomic E-state index is 4.51. The van der Waals surface area contributed by atoms with Gasteiger partial charge in [0.2, 0.25) is 0 Å². The van der Waals surface area contributed by atoms with Crippen LogP contribution in [0.3, 0.4) is 0 Å². The van der Waals surface area contributed by atoms with E-state index in [9.17, 15) is 0 Å². The summed E-state index contributed by atoms with van der Waals surface area (Å²) >= 11 is 0. The van der Waals surface area contributed by atoms with Gasteiger partial charge in [-0.15, -0.1) is 0 Å². The predicted octanol–water partition coefficient (Wildman–Crippen LogP) is 2.92. The predicted molar refractivity (Wildman–Crippen MR) is 79.1 cm³/mol. The molecule has 0 spiro atoms. The summed E-state index contributed by atoms with van der Waals surface area (Å²) in [6.45, 7) is 9.87. The van der Waals surface area contributed by atoms with Crippen molar-refractivity contribution < 1.29 is 0 Å². The molecule has 4 heteroatoms. The molecule has 2 atom stereocenters. The Hall–Kier alpha value is -1.16. The van der Waals surface area contributed by atoms with Gasteiger partial charge in [-0.2, -0.15) is 0 Å². The van der Waals surface area contributed by atoms with Crippen LogP contribution in [0.15, 0.2) is 12.4 Å². The quantitative estimate of drug-likeness (QED) is 0.886. The summed E-state index contributed by atoms with van der Waals surface area (Å²) in [6.07, 6.45) is 7.45. The minimum absolute atomic E-state index is 0.656. The van der Waals surface area contributed by atoms with E-state index in [2.05, 4.69) is 41.0 Å². The lowest BCUT2D eigenvalue weighted by Crippen LogP contribution is -2.39. The number of hydrogen-bond acceptors (Lipinski definition) is 4. The molecular weight excluding hydrogens is 236 g/mol. The zero-order valence-corrected chi connectivity index (χ0v) is 12.4. The third-order valence-electron chi connectivity index (χ3n) is 3.90. The van der Waals surface area contributed by atoms with E-state index in [1.807, 2.05) is 12.4 Å². The van der Waals surface area contributed by atoms with E-state index in [0.29, 0.717) is 6.04 Å². The smallest absolute Gasteiger partial charge is 0.144 e. The molecule has 1 N–H and O–H groups in total. The van der Waals surface area contributed by atoms with Gasteiger partial charge in [0.1, 0.15) is 5.82 Å². The number of hydrogen-bond donors (Lipinski definition) is 1. The van der Waals surface area contributed by atoms with Crippen LogP contribution in [0, 0.1) is 5.92 Å². The molecule has 4 nitrogen and oxygen atoms in total. The average Bonchev–Trinajstić information content (AvgIpc) is 2.41. The molecule has 2 rings (SSSR count). The Balaban J connectivity index is 1.88. The number of likely N-dealkylation sites (tertiary alicyclic amines) is 1. The lowest BCUT2D eigenvalue weighted by atomic mass is 9.93. The number of piperidine rings is 1. The van der Waals surface area contributed by atoms with Gasteiger partial charge in [0.05, 0.1) is 18.1 Å². The molecule has 1 aliphatic rings. The summed E-state index contributed by atoms with van der Waals surface area (Å²) in [5.41, 5.74) is 1.07. The van der Waals surface area contributed by atoms with Gasteiger partial charge < -0.3 is 5.32 Å². The second-order valence-electron chi connectivity index (χ2n) is 5.77. The highest BCUT2D eigenvalue weighted by Gasteiger charge is 2.22. The third kappa shape index (κ3) is 4.16. The fourth-order valence-electron chi connectivity index (χ4n) is 2.68. The van der Waals surface area contributed by atoms with E-state index >= 15 is 0 Å². The van der Waals surface area contributed by atoms with Crippen molar-refractivity contribution in [2.24, 2.45) is 5.92 Å². The van der Waals surface area contributed by atoms with Gasteiger partial charge in [-0.3, -0.25) is 9.88 Å². The van der Waals surface area contributed by atoms with Crippen molar-refractivity contribution in [2.45, 2.75) is 52.6 Å². The molecule has 1 aromatic rings. The third-order valence-corrected chi connectivity index (χ3v) is 3.90. The van der Waals surface area contributed by atoms with Gasteiger partial charge in [-0.1, -0.05) is 13.8 Å². The van der Waals surface area contributed by atoms with Gasteiger partial charge in [0.15, 0.2) is 0 Å². The number of aromatic nitrogens is 2. The standard InChI is InChI=1S/C15H26N4/c1-4-6-16-15-10-17-14(9-18-15)11-19-7-5-12(2)8-13(19)3/h9-10,12-13H,4-8,11H2,1-3H3,(H,16,18). The summed E-state index contributed by atoms with van der Waals surface area (Å²) in [7, 11) is 0. The number of nitrogens with zero attached hydrogens (tertiary/aromatic N) is 3. The molecule has 0 aromatic carbocycles. The summed E-state index contributed by atoms with van der Waals surface area (Å²) in [5.74, 6) is 1.74. The minimum Gasteiger partial charge on any atom is -0.369 e. The highest BCUT2D eigenvalue weighted by Crippen LogP contribution is 2.23. The van der Waals surface area contributed by atoms with E-state index in [1.54, 1.807) is 0 Å². The fourth-order valence-corrected chi connectivity index (χ4v) is 2.68. The Kier molecular flexibility index (Phi) is 5.14. The first-order valence-electron chi connectivity index (χ1n) is 7.48. The molecule has 0 bridgehead atoms. The summed E-state index contributed by atoms with van der Waals surface area (Å²) in [4.78, 5) is 11.5. The van der Waals surface area contributed by atoms with Crippen molar-refractivity contribution in [3.05, 3.63) is 18.1 Å². The van der Waals surface area contributed by atoms with Crippen LogP contribution in [0.4, 0.5) is 5.82 Å². The van der Waals surface area contributed by atoms with Crippen LogP contribution in [0.1, 0.15) is 45.7 Å². The highest BCUT2D eigenvalue weighted by atomic mass is 15.2. The van der Waals surface area contributed by atoms with E-state index in [-0.39, 0.29) is 0 Å². The Labute approximate surface area is 116 Å². The van der Waals surface area contributed by atoms with Crippen molar-refractivity contribution in [3.63, 3.8) is 0 Å². The molecule has 1 aliphatic heterocycles. The van der Waals surface area contributed by atoms with Crippen LogP contribution in [-0.4, -0.2) is 34.0 Å². The molecule has 0 aliphatic carbocycles. The van der Waals surface area contributed by atoms with Crippen molar-refractivity contribution in [2.75, 3.05) is 18.4 Å². The van der Waals surface area contributed by atoms with Gasteiger partial charge in [-0.05, 0) is 38.6 Å². The SMILES string of the molecule is CCCNc1cnc(CN2CCC(C)CC2C)cn1. The van der Waals surface area contributed by atoms with Gasteiger partial charge in [-0.25, -0.2) is 4.98 Å². The molecule has 106 valence electrons. The lowest BCUT2D eigenvalue weighted by molar-refractivity contribution is 0.120. The summed E-state index contributed by atoms with van der Waals surface area (Å²) in [5, 5.41) is 3.25. The molecular formula is C15H26N4. The van der Waals surface area contributed by atoms with E-state index < -0.39 is 0 Å². The lowest BCUT2D eigenvalue weighted by Gasteiger charge is -2.36. The van der Waals surface area contributed by atoms with Crippen LogP contribution in [0.5, 0.6) is 0 Å². The molecule has 1 fully saturated rings. The van der Waals surface area contributed by atoms with Crippen molar-refractivity contribution in [1.82, 2.24) is 14.9 Å². The molecule has 19 heavy (non-hydrogen) atoms. The Morgan fingerprint density at radius 1 is 1.32 bits per heavy atom. The zero-order chi connectivity index (χ0) is 13.7. The summed E-state index contributed by atoms with van der Waals surface area (Å²) < 4.78 is 0. The average molecular weight is 262 g/mol. The van der Waals surface area contributed by atoms with Crippen LogP contribution in [0.25, 0.3) is 0 Å². The van der Waals surface area contributed by atoms with Crippen LogP contribution < -0.4 is 5.32 Å². The van der Waals surface area contributed by atoms with Crippen LogP contribution >= 0.6 is 0 Å². The first-order chi connectivity index (χ1) is 9.19. The van der Waals surface area contributed by atoms with E-state index in [4.69, 9.17) is 0 Å². The summed E-state index contributed by atoms with van der Waals surface area (Å²) in [6, 6.07) is 0.656. The topological polar surface area (TPSA) is 41.1 Å². The molecule has 1 aromatic heterocycles. The molecule has 0 saturated carbocycles. The van der Waals surface area contributed by atoms with Gasteiger partial charge in [0, 0.05) is 19.1 Å². The van der Waals surface area contributed by atoms with E-state index in [0.717, 1.165) is 36.9 Å². The molecule has 1 saturated heterocycles. The Bertz CT molecular complexity index is 376. The first-order valence-corrected chi connectivity index (χ1v) is 7.48. The number of rotatable bonds is 5. The first kappa shape index (κ1) is 14.3. The Morgan fingerprint density at radius 2 is 2.16 bits per heavy atom. The number of nitrogens with one attached hydrogen (secondary N) is 1. The van der Waals surface area contributed by atoms with Gasteiger partial charge in [0.25, 0.3) is 0 Å². The fraction of sp³-hybridized carbons (Fsp3) is 0.733. The Morgan fingerprint density at radius 3 is 2.79 bits per heavy atom. The van der Waals surface area contributed by atoms with Crippen LogP contribution in [-0.2, 0) is 6.54 Å². The minimum atomic E-state index is 0.656. The van der Waals surface area contributed by atoms with Crippen molar-refractivity contribution in [3.8, 4) is 0 Å². The molecule has 0 radical (unpaired) electrons. The van der Waals surface area contributed by atoms with Crippen molar-refractivity contribution >= 4 is 5.82 Å². The van der Waals surface area contributed by atoms with Crippen molar-refractivity contribution in [1.29, 1.82) is 0 Å². The maximum Gasteiger partial charge on any atom is 0.144 e. The monoisotopic (exact) mass is 262 g/mol. The maximum absolute atomic E-state index is 4.51. The van der Waals surface area contributed by atoms with Gasteiger partial charge >= 0.3 is 0 Å². The second kappa shape index (κ2) is 6.85. The zero-order valence-electron chi connectivity index (χ0n) is 12.4. The molecule has 2 heterocycles. The number of anilines is 1. The largest absolute Gasteiger partial charge is 0.369 e. The van der Waals surface area contributed by atoms with E-state index in [1.165, 1.54) is 19.4 Å². The van der Waals surface area contributed by atoms with Crippen LogP contribution in [0.2, 0.25) is 0 Å². The molecule has 0 amide bonds. The molecule has 2 unspecified atom stereocenters. The second-order valence-corrected chi connectivity index (χ2v) is 5.77. The normalized spacial score (nSPS) is 24.4.